The Kier molecular flexibility index (Phi) is 6.66. The van der Waals surface area contributed by atoms with Crippen LogP contribution in [0, 0.1) is 17.0 Å². The van der Waals surface area contributed by atoms with Crippen molar-refractivity contribution in [3.63, 3.8) is 0 Å². The summed E-state index contributed by atoms with van der Waals surface area (Å²) in [5.41, 5.74) is 9.02. The van der Waals surface area contributed by atoms with Gasteiger partial charge in [0, 0.05) is 17.5 Å². The van der Waals surface area contributed by atoms with Crippen LogP contribution in [0.15, 0.2) is 36.4 Å². The van der Waals surface area contributed by atoms with E-state index in [4.69, 9.17) is 15.2 Å². The fourth-order valence-electron chi connectivity index (χ4n) is 2.42. The number of nitro benzene ring substituents is 1. The van der Waals surface area contributed by atoms with Crippen LogP contribution in [0.4, 0.5) is 5.69 Å². The highest BCUT2D eigenvalue weighted by molar-refractivity contribution is 7.98. The van der Waals surface area contributed by atoms with Crippen molar-refractivity contribution < 1.29 is 14.4 Å². The highest BCUT2D eigenvalue weighted by Gasteiger charge is 2.23. The summed E-state index contributed by atoms with van der Waals surface area (Å²) in [6, 6.07) is 10.8. The summed E-state index contributed by atoms with van der Waals surface area (Å²) in [4.78, 5) is 10.9. The van der Waals surface area contributed by atoms with Crippen LogP contribution in [0.25, 0.3) is 0 Å². The van der Waals surface area contributed by atoms with E-state index in [-0.39, 0.29) is 5.69 Å². The molecule has 2 aromatic carbocycles. The molecule has 0 aliphatic heterocycles. The molecular formula is C18H22N2O4S. The molecule has 1 atom stereocenters. The van der Waals surface area contributed by atoms with Crippen LogP contribution in [0.5, 0.6) is 11.5 Å². The number of aryl methyl sites for hydroxylation is 1. The Labute approximate surface area is 151 Å². The Morgan fingerprint density at radius 2 is 1.76 bits per heavy atom. The summed E-state index contributed by atoms with van der Waals surface area (Å²) >= 11 is 1.64. The zero-order valence-electron chi connectivity index (χ0n) is 14.5. The summed E-state index contributed by atoms with van der Waals surface area (Å²) in [7, 11) is 2.93. The third-order valence-corrected chi connectivity index (χ3v) is 4.95. The number of methoxy groups -OCH3 is 2. The number of nitro groups is 1. The van der Waals surface area contributed by atoms with Gasteiger partial charge in [-0.3, -0.25) is 10.1 Å². The van der Waals surface area contributed by atoms with Crippen molar-refractivity contribution in [1.29, 1.82) is 0 Å². The van der Waals surface area contributed by atoms with E-state index in [1.165, 1.54) is 31.4 Å². The van der Waals surface area contributed by atoms with Crippen molar-refractivity contribution in [3.8, 4) is 11.5 Å². The van der Waals surface area contributed by atoms with Crippen LogP contribution in [0.1, 0.15) is 22.7 Å². The van der Waals surface area contributed by atoms with Gasteiger partial charge in [-0.15, -0.1) is 0 Å². The molecule has 1 unspecified atom stereocenters. The Morgan fingerprint density at radius 1 is 1.16 bits per heavy atom. The molecule has 0 saturated carbocycles. The summed E-state index contributed by atoms with van der Waals surface area (Å²) < 4.78 is 10.4. The number of ether oxygens (including phenoxy) is 2. The minimum Gasteiger partial charge on any atom is -0.493 e. The van der Waals surface area contributed by atoms with E-state index in [0.717, 1.165) is 5.75 Å². The molecule has 0 fully saturated rings. The molecule has 0 radical (unpaired) electrons. The smallest absolute Gasteiger partial charge is 0.278 e. The van der Waals surface area contributed by atoms with Crippen molar-refractivity contribution >= 4 is 17.4 Å². The van der Waals surface area contributed by atoms with Crippen molar-refractivity contribution in [3.05, 3.63) is 63.2 Å². The largest absolute Gasteiger partial charge is 0.493 e. The Morgan fingerprint density at radius 3 is 2.32 bits per heavy atom. The Balaban J connectivity index is 2.12. The van der Waals surface area contributed by atoms with Gasteiger partial charge in [0.05, 0.1) is 30.8 Å². The number of nitrogens with zero attached hydrogens (tertiary/aromatic N) is 1. The number of nitrogens with two attached hydrogens (primary N) is 1. The molecule has 0 saturated heterocycles. The maximum Gasteiger partial charge on any atom is 0.278 e. The summed E-state index contributed by atoms with van der Waals surface area (Å²) in [6.07, 6.45) is 0. The third-order valence-electron chi connectivity index (χ3n) is 3.82. The van der Waals surface area contributed by atoms with Crippen molar-refractivity contribution in [2.45, 2.75) is 18.7 Å². The molecule has 0 aliphatic carbocycles. The lowest BCUT2D eigenvalue weighted by Gasteiger charge is -2.15. The van der Waals surface area contributed by atoms with E-state index in [9.17, 15) is 10.1 Å². The first kappa shape index (κ1) is 19.1. The molecule has 0 spiro atoms. The lowest BCUT2D eigenvalue weighted by molar-refractivity contribution is -0.385. The van der Waals surface area contributed by atoms with Gasteiger partial charge >= 0.3 is 0 Å². The number of hydrogen-bond donors (Lipinski definition) is 1. The second-order valence-corrected chi connectivity index (χ2v) is 6.66. The van der Waals surface area contributed by atoms with E-state index in [1.54, 1.807) is 17.8 Å². The summed E-state index contributed by atoms with van der Waals surface area (Å²) in [5.74, 6) is 2.11. The number of rotatable bonds is 8. The van der Waals surface area contributed by atoms with Gasteiger partial charge in [-0.05, 0) is 18.6 Å². The van der Waals surface area contributed by atoms with Gasteiger partial charge < -0.3 is 15.2 Å². The van der Waals surface area contributed by atoms with E-state index in [2.05, 4.69) is 24.3 Å². The van der Waals surface area contributed by atoms with E-state index >= 15 is 0 Å². The normalized spacial score (nSPS) is 11.8. The molecule has 6 nitrogen and oxygen atoms in total. The first-order chi connectivity index (χ1) is 12.0. The molecule has 0 amide bonds. The SMILES string of the molecule is COc1cc(C(N)CSCc2ccc(C)cc2)c([N+](=O)[O-])cc1OC. The van der Waals surface area contributed by atoms with Gasteiger partial charge in [0.2, 0.25) is 0 Å². The van der Waals surface area contributed by atoms with E-state index in [1.807, 2.05) is 6.92 Å². The maximum absolute atomic E-state index is 11.4. The predicted molar refractivity (Wildman–Crippen MR) is 100 cm³/mol. The van der Waals surface area contributed by atoms with E-state index in [0.29, 0.717) is 22.8 Å². The van der Waals surface area contributed by atoms with Crippen LogP contribution < -0.4 is 15.2 Å². The standard InChI is InChI=1S/C18H22N2O4S/c1-12-4-6-13(7-5-12)10-25-11-15(19)14-8-17(23-2)18(24-3)9-16(14)20(21)22/h4-9,15H,10-11,19H2,1-3H3. The lowest BCUT2D eigenvalue weighted by atomic mass is 10.1. The van der Waals surface area contributed by atoms with Crippen LogP contribution in [-0.4, -0.2) is 24.9 Å². The fraction of sp³-hybridized carbons (Fsp3) is 0.333. The monoisotopic (exact) mass is 362 g/mol. The average molecular weight is 362 g/mol. The number of thioether (sulfide) groups is 1. The minimum absolute atomic E-state index is 0.0546. The zero-order valence-corrected chi connectivity index (χ0v) is 15.3. The predicted octanol–water partition coefficient (Wildman–Crippen LogP) is 3.85. The highest BCUT2D eigenvalue weighted by atomic mass is 32.2. The summed E-state index contributed by atoms with van der Waals surface area (Å²) in [6.45, 7) is 2.04. The molecule has 2 aromatic rings. The van der Waals surface area contributed by atoms with Gasteiger partial charge in [0.1, 0.15) is 0 Å². The van der Waals surface area contributed by atoms with Gasteiger partial charge in [-0.1, -0.05) is 29.8 Å². The summed E-state index contributed by atoms with van der Waals surface area (Å²) in [5, 5.41) is 11.4. The first-order valence-corrected chi connectivity index (χ1v) is 8.91. The lowest BCUT2D eigenvalue weighted by Crippen LogP contribution is -2.15. The van der Waals surface area contributed by atoms with Crippen molar-refractivity contribution in [2.24, 2.45) is 5.73 Å². The molecule has 7 heteroatoms. The molecule has 2 rings (SSSR count). The molecule has 2 N–H and O–H groups in total. The number of benzene rings is 2. The molecule has 0 bridgehead atoms. The number of hydrogen-bond acceptors (Lipinski definition) is 6. The van der Waals surface area contributed by atoms with Gasteiger partial charge in [-0.25, -0.2) is 0 Å². The molecule has 0 heterocycles. The third kappa shape index (κ3) is 4.87. The van der Waals surface area contributed by atoms with Crippen LogP contribution in [0.3, 0.4) is 0 Å². The first-order valence-electron chi connectivity index (χ1n) is 7.75. The van der Waals surface area contributed by atoms with Crippen LogP contribution in [0.2, 0.25) is 0 Å². The molecular weight excluding hydrogens is 340 g/mol. The zero-order chi connectivity index (χ0) is 18.4. The van der Waals surface area contributed by atoms with Gasteiger partial charge in [0.15, 0.2) is 11.5 Å². The average Bonchev–Trinajstić information content (AvgIpc) is 2.61. The van der Waals surface area contributed by atoms with Crippen molar-refractivity contribution in [1.82, 2.24) is 0 Å². The second kappa shape index (κ2) is 8.73. The van der Waals surface area contributed by atoms with Crippen LogP contribution >= 0.6 is 11.8 Å². The maximum atomic E-state index is 11.4. The van der Waals surface area contributed by atoms with Gasteiger partial charge in [0.25, 0.3) is 5.69 Å². The Bertz CT molecular complexity index is 735. The molecule has 0 aromatic heterocycles. The second-order valence-electron chi connectivity index (χ2n) is 5.63. The van der Waals surface area contributed by atoms with E-state index < -0.39 is 11.0 Å². The topological polar surface area (TPSA) is 87.6 Å². The quantitative estimate of drug-likeness (QED) is 0.567. The minimum atomic E-state index is -0.476. The highest BCUT2D eigenvalue weighted by Crippen LogP contribution is 2.37. The Hall–Kier alpha value is -2.25. The molecule has 134 valence electrons. The van der Waals surface area contributed by atoms with Crippen molar-refractivity contribution in [2.75, 3.05) is 20.0 Å². The van der Waals surface area contributed by atoms with Gasteiger partial charge in [-0.2, -0.15) is 11.8 Å². The fourth-order valence-corrected chi connectivity index (χ4v) is 3.40. The molecule has 0 aliphatic rings. The molecule has 25 heavy (non-hydrogen) atoms. The van der Waals surface area contributed by atoms with Crippen LogP contribution in [-0.2, 0) is 5.75 Å².